The van der Waals surface area contributed by atoms with Gasteiger partial charge in [0.15, 0.2) is 16.3 Å². The minimum absolute atomic E-state index is 0.228. The fourth-order valence-corrected chi connectivity index (χ4v) is 5.68. The molecule has 40 heavy (non-hydrogen) atoms. The molecule has 1 aliphatic heterocycles. The van der Waals surface area contributed by atoms with Gasteiger partial charge in [0.25, 0.3) is 5.56 Å². The number of fused-ring (bicyclic) bond motifs is 1. The van der Waals surface area contributed by atoms with Crippen LogP contribution in [0.5, 0.6) is 11.5 Å². The van der Waals surface area contributed by atoms with Gasteiger partial charge in [-0.1, -0.05) is 78.1 Å². The van der Waals surface area contributed by atoms with E-state index in [0.29, 0.717) is 45.3 Å². The Kier molecular flexibility index (Phi) is 8.26. The van der Waals surface area contributed by atoms with Gasteiger partial charge in [-0.15, -0.1) is 0 Å². The number of rotatable bonds is 9. The number of nitrogens with zero attached hydrogens (tertiary/aromatic N) is 2. The average Bonchev–Trinajstić information content (AvgIpc) is 3.27. The van der Waals surface area contributed by atoms with Crippen molar-refractivity contribution in [3.8, 4) is 11.5 Å². The van der Waals surface area contributed by atoms with Crippen LogP contribution in [-0.2, 0) is 16.1 Å². The number of hydrogen-bond acceptors (Lipinski definition) is 7. The Morgan fingerprint density at radius 3 is 2.38 bits per heavy atom. The van der Waals surface area contributed by atoms with Crippen molar-refractivity contribution in [2.75, 3.05) is 13.2 Å². The topological polar surface area (TPSA) is 79.1 Å². The van der Waals surface area contributed by atoms with E-state index in [4.69, 9.17) is 14.2 Å². The van der Waals surface area contributed by atoms with Crippen molar-refractivity contribution >= 4 is 23.4 Å². The molecule has 1 aliphatic rings. The lowest BCUT2D eigenvalue weighted by atomic mass is 9.96. The van der Waals surface area contributed by atoms with Crippen LogP contribution < -0.4 is 24.4 Å². The fourth-order valence-electron chi connectivity index (χ4n) is 4.63. The lowest BCUT2D eigenvalue weighted by molar-refractivity contribution is -0.139. The normalized spacial score (nSPS) is 14.9. The Balaban J connectivity index is 1.55. The summed E-state index contributed by atoms with van der Waals surface area (Å²) in [6.07, 6.45) is 1.82. The number of hydrogen-bond donors (Lipinski definition) is 0. The molecule has 2 heterocycles. The van der Waals surface area contributed by atoms with Crippen molar-refractivity contribution in [1.82, 2.24) is 4.57 Å². The summed E-state index contributed by atoms with van der Waals surface area (Å²) in [5, 5.41) is 0. The van der Waals surface area contributed by atoms with Gasteiger partial charge in [0, 0.05) is 0 Å². The minimum Gasteiger partial charge on any atom is -0.490 e. The Labute approximate surface area is 236 Å². The van der Waals surface area contributed by atoms with Crippen molar-refractivity contribution in [3.05, 3.63) is 127 Å². The summed E-state index contributed by atoms with van der Waals surface area (Å²) in [4.78, 5) is 32.0. The number of carbonyl (C=O) groups is 1. The summed E-state index contributed by atoms with van der Waals surface area (Å²) in [6.45, 7) is 6.57. The third kappa shape index (κ3) is 5.62. The van der Waals surface area contributed by atoms with Crippen molar-refractivity contribution in [2.45, 2.75) is 33.4 Å². The zero-order valence-electron chi connectivity index (χ0n) is 22.6. The largest absolute Gasteiger partial charge is 0.490 e. The van der Waals surface area contributed by atoms with Gasteiger partial charge in [0.1, 0.15) is 6.61 Å². The van der Waals surface area contributed by atoms with Crippen LogP contribution in [0.4, 0.5) is 0 Å². The van der Waals surface area contributed by atoms with E-state index < -0.39 is 12.0 Å². The highest BCUT2D eigenvalue weighted by molar-refractivity contribution is 7.07. The second-order valence-electron chi connectivity index (χ2n) is 9.13. The molecular weight excluding hydrogens is 524 g/mol. The number of ether oxygens (including phenoxy) is 3. The molecule has 8 heteroatoms. The quantitative estimate of drug-likeness (QED) is 0.279. The lowest BCUT2D eigenvalue weighted by Crippen LogP contribution is -2.39. The van der Waals surface area contributed by atoms with Gasteiger partial charge in [-0.05, 0) is 55.7 Å². The van der Waals surface area contributed by atoms with E-state index in [9.17, 15) is 9.59 Å². The molecule has 0 saturated heterocycles. The third-order valence-electron chi connectivity index (χ3n) is 6.43. The Bertz CT molecular complexity index is 1720. The van der Waals surface area contributed by atoms with E-state index in [-0.39, 0.29) is 12.2 Å². The number of esters is 1. The molecular formula is C32H30N2O5S. The standard InChI is InChI=1S/C32H30N2O5S/c1-4-37-26-18-23(16-17-25(26)39-20-22-12-8-6-9-13-22)19-27-30(35)34-29(24-14-10-7-11-15-24)28(31(36)38-5-2)21(3)33-32(34)40-27/h6-19,29H,4-5,20H2,1-3H3/b27-19+/t29-/m0/s1. The molecule has 7 nitrogen and oxygen atoms in total. The zero-order chi connectivity index (χ0) is 28.1. The Hall–Kier alpha value is -4.43. The Morgan fingerprint density at radius 2 is 1.68 bits per heavy atom. The summed E-state index contributed by atoms with van der Waals surface area (Å²) in [6, 6.07) is 24.4. The van der Waals surface area contributed by atoms with Crippen LogP contribution in [0, 0.1) is 0 Å². The molecule has 0 saturated carbocycles. The molecule has 0 bridgehead atoms. The van der Waals surface area contributed by atoms with Gasteiger partial charge in [0.05, 0.1) is 35.1 Å². The van der Waals surface area contributed by atoms with Crippen LogP contribution >= 0.6 is 11.3 Å². The highest BCUT2D eigenvalue weighted by Crippen LogP contribution is 2.31. The smallest absolute Gasteiger partial charge is 0.338 e. The predicted molar refractivity (Wildman–Crippen MR) is 155 cm³/mol. The first-order valence-corrected chi connectivity index (χ1v) is 14.0. The molecule has 4 aromatic rings. The second kappa shape index (κ2) is 12.2. The first-order valence-electron chi connectivity index (χ1n) is 13.2. The first kappa shape index (κ1) is 27.1. The molecule has 1 atom stereocenters. The van der Waals surface area contributed by atoms with E-state index in [1.807, 2.05) is 91.9 Å². The predicted octanol–water partition coefficient (Wildman–Crippen LogP) is 4.78. The number of thiazole rings is 1. The summed E-state index contributed by atoms with van der Waals surface area (Å²) < 4.78 is 19.3. The van der Waals surface area contributed by atoms with Gasteiger partial charge < -0.3 is 14.2 Å². The van der Waals surface area contributed by atoms with E-state index in [1.54, 1.807) is 18.4 Å². The highest BCUT2D eigenvalue weighted by atomic mass is 32.1. The van der Waals surface area contributed by atoms with Crippen molar-refractivity contribution in [2.24, 2.45) is 4.99 Å². The molecule has 0 amide bonds. The zero-order valence-corrected chi connectivity index (χ0v) is 23.4. The number of benzene rings is 3. The van der Waals surface area contributed by atoms with Crippen molar-refractivity contribution < 1.29 is 19.0 Å². The van der Waals surface area contributed by atoms with Crippen LogP contribution in [0.1, 0.15) is 43.5 Å². The molecule has 1 aromatic heterocycles. The van der Waals surface area contributed by atoms with Gasteiger partial charge in [-0.25, -0.2) is 9.79 Å². The SMILES string of the molecule is CCOC(=O)C1=C(C)N=c2s/c(=C/c3ccc(OCc4ccccc4)c(OCC)c3)c(=O)n2[C@H]1c1ccccc1. The van der Waals surface area contributed by atoms with Crippen LogP contribution in [-0.4, -0.2) is 23.8 Å². The molecule has 0 unspecified atom stereocenters. The van der Waals surface area contributed by atoms with Crippen molar-refractivity contribution in [3.63, 3.8) is 0 Å². The maximum atomic E-state index is 13.8. The van der Waals surface area contributed by atoms with Gasteiger partial charge >= 0.3 is 5.97 Å². The molecule has 0 aliphatic carbocycles. The van der Waals surface area contributed by atoms with Crippen LogP contribution in [0.15, 0.2) is 99.9 Å². The third-order valence-corrected chi connectivity index (χ3v) is 7.42. The molecule has 5 rings (SSSR count). The fraction of sp³-hybridized carbons (Fsp3) is 0.219. The maximum absolute atomic E-state index is 13.8. The Morgan fingerprint density at radius 1 is 0.950 bits per heavy atom. The van der Waals surface area contributed by atoms with E-state index >= 15 is 0 Å². The monoisotopic (exact) mass is 554 g/mol. The van der Waals surface area contributed by atoms with Gasteiger partial charge in [-0.2, -0.15) is 0 Å². The first-order chi connectivity index (χ1) is 19.5. The average molecular weight is 555 g/mol. The van der Waals surface area contributed by atoms with E-state index in [0.717, 1.165) is 16.7 Å². The van der Waals surface area contributed by atoms with Gasteiger partial charge in [0.2, 0.25) is 0 Å². The number of aromatic nitrogens is 1. The van der Waals surface area contributed by atoms with E-state index in [2.05, 4.69) is 4.99 Å². The summed E-state index contributed by atoms with van der Waals surface area (Å²) >= 11 is 1.29. The summed E-state index contributed by atoms with van der Waals surface area (Å²) in [5.74, 6) is 0.755. The van der Waals surface area contributed by atoms with Crippen LogP contribution in [0.3, 0.4) is 0 Å². The molecule has 204 valence electrons. The molecule has 0 radical (unpaired) electrons. The second-order valence-corrected chi connectivity index (χ2v) is 10.1. The van der Waals surface area contributed by atoms with Crippen LogP contribution in [0.2, 0.25) is 0 Å². The van der Waals surface area contributed by atoms with Crippen LogP contribution in [0.25, 0.3) is 6.08 Å². The summed E-state index contributed by atoms with van der Waals surface area (Å²) in [7, 11) is 0. The van der Waals surface area contributed by atoms with Crippen molar-refractivity contribution in [1.29, 1.82) is 0 Å². The highest BCUT2D eigenvalue weighted by Gasteiger charge is 2.33. The lowest BCUT2D eigenvalue weighted by Gasteiger charge is -2.24. The minimum atomic E-state index is -0.633. The van der Waals surface area contributed by atoms with E-state index in [1.165, 1.54) is 11.3 Å². The summed E-state index contributed by atoms with van der Waals surface area (Å²) in [5.41, 5.74) is 3.34. The molecule has 0 spiro atoms. The molecule has 0 fully saturated rings. The maximum Gasteiger partial charge on any atom is 0.338 e. The number of allylic oxidation sites excluding steroid dienone is 1. The molecule has 3 aromatic carbocycles. The number of carbonyl (C=O) groups excluding carboxylic acids is 1. The van der Waals surface area contributed by atoms with Gasteiger partial charge in [-0.3, -0.25) is 9.36 Å². The molecule has 0 N–H and O–H groups in total.